The molecule has 0 spiro atoms. The number of sulfone groups is 1. The van der Waals surface area contributed by atoms with Crippen LogP contribution in [-0.2, 0) is 14.6 Å². The van der Waals surface area contributed by atoms with E-state index in [-0.39, 0.29) is 0 Å². The summed E-state index contributed by atoms with van der Waals surface area (Å²) < 4.78 is 29.3. The number of ether oxygens (including phenoxy) is 1. The van der Waals surface area contributed by atoms with Gasteiger partial charge in [-0.3, -0.25) is 0 Å². The third kappa shape index (κ3) is 4.45. The van der Waals surface area contributed by atoms with Crippen molar-refractivity contribution in [2.75, 3.05) is 18.1 Å². The van der Waals surface area contributed by atoms with E-state index in [0.29, 0.717) is 35.4 Å². The van der Waals surface area contributed by atoms with Crippen LogP contribution in [0.4, 0.5) is 0 Å². The van der Waals surface area contributed by atoms with Gasteiger partial charge in [0.05, 0.1) is 17.6 Å². The Balaban J connectivity index is 1.85. The van der Waals surface area contributed by atoms with Crippen LogP contribution in [0.5, 0.6) is 0 Å². The number of rotatable bonds is 6. The molecule has 0 aromatic rings. The second-order valence-corrected chi connectivity index (χ2v) is 8.75. The van der Waals surface area contributed by atoms with E-state index >= 15 is 0 Å². The van der Waals surface area contributed by atoms with E-state index in [1.165, 1.54) is 12.8 Å². The first kappa shape index (κ1) is 15.3. The molecule has 3 nitrogen and oxygen atoms in total. The Morgan fingerprint density at radius 1 is 1.21 bits per heavy atom. The van der Waals surface area contributed by atoms with Gasteiger partial charge in [0, 0.05) is 6.61 Å². The van der Waals surface area contributed by atoms with Crippen LogP contribution in [0.15, 0.2) is 0 Å². The van der Waals surface area contributed by atoms with Gasteiger partial charge in [-0.1, -0.05) is 20.3 Å². The number of hydrogen-bond donors (Lipinski definition) is 0. The maximum absolute atomic E-state index is 11.8. The molecule has 0 radical (unpaired) electrons. The summed E-state index contributed by atoms with van der Waals surface area (Å²) in [5.41, 5.74) is 0. The standard InChI is InChI=1S/C15H28O3S/c1-3-5-13-10-19(16,17)11-14(13)8-12(2)9-15-6-4-7-18-15/h12-15H,3-11H2,1-2H3. The molecular formula is C15H28O3S. The molecule has 2 aliphatic heterocycles. The van der Waals surface area contributed by atoms with Crippen molar-refractivity contribution >= 4 is 9.84 Å². The van der Waals surface area contributed by atoms with E-state index in [1.807, 2.05) is 0 Å². The van der Waals surface area contributed by atoms with Crippen molar-refractivity contribution in [3.05, 3.63) is 0 Å². The zero-order chi connectivity index (χ0) is 13.9. The van der Waals surface area contributed by atoms with Crippen LogP contribution in [0.25, 0.3) is 0 Å². The molecule has 19 heavy (non-hydrogen) atoms. The van der Waals surface area contributed by atoms with Gasteiger partial charge in [-0.15, -0.1) is 0 Å². The highest BCUT2D eigenvalue weighted by molar-refractivity contribution is 7.91. The first-order valence-electron chi connectivity index (χ1n) is 7.82. The van der Waals surface area contributed by atoms with Gasteiger partial charge in [-0.05, 0) is 49.9 Å². The molecule has 2 rings (SSSR count). The molecule has 4 atom stereocenters. The smallest absolute Gasteiger partial charge is 0.150 e. The quantitative estimate of drug-likeness (QED) is 0.754. The van der Waals surface area contributed by atoms with Crippen LogP contribution in [0, 0.1) is 17.8 Å². The molecule has 0 aromatic carbocycles. The van der Waals surface area contributed by atoms with Crippen LogP contribution >= 0.6 is 0 Å². The minimum absolute atomic E-state index is 0.390. The summed E-state index contributed by atoms with van der Waals surface area (Å²) in [6.45, 7) is 5.32. The molecule has 4 heteroatoms. The maximum atomic E-state index is 11.8. The lowest BCUT2D eigenvalue weighted by molar-refractivity contribution is 0.0872. The van der Waals surface area contributed by atoms with Gasteiger partial charge < -0.3 is 4.74 Å². The molecule has 0 bridgehead atoms. The van der Waals surface area contributed by atoms with Gasteiger partial charge >= 0.3 is 0 Å². The normalized spacial score (nSPS) is 35.6. The lowest BCUT2D eigenvalue weighted by Crippen LogP contribution is -2.18. The largest absolute Gasteiger partial charge is 0.378 e. The molecule has 4 unspecified atom stereocenters. The Bertz CT molecular complexity index is 371. The van der Waals surface area contributed by atoms with Gasteiger partial charge in [-0.2, -0.15) is 0 Å². The Labute approximate surface area is 118 Å². The molecule has 2 heterocycles. The molecule has 0 N–H and O–H groups in total. The van der Waals surface area contributed by atoms with Gasteiger partial charge in [0.25, 0.3) is 0 Å². The van der Waals surface area contributed by atoms with Gasteiger partial charge in [-0.25, -0.2) is 8.42 Å². The Kier molecular flexibility index (Phi) is 5.29. The minimum atomic E-state index is -2.77. The predicted molar refractivity (Wildman–Crippen MR) is 77.9 cm³/mol. The van der Waals surface area contributed by atoms with E-state index in [9.17, 15) is 8.42 Å². The van der Waals surface area contributed by atoms with E-state index in [0.717, 1.165) is 32.3 Å². The minimum Gasteiger partial charge on any atom is -0.378 e. The highest BCUT2D eigenvalue weighted by atomic mass is 32.2. The van der Waals surface area contributed by atoms with E-state index in [1.54, 1.807) is 0 Å². The van der Waals surface area contributed by atoms with E-state index in [2.05, 4.69) is 13.8 Å². The van der Waals surface area contributed by atoms with Crippen LogP contribution in [0.3, 0.4) is 0 Å². The summed E-state index contributed by atoms with van der Waals surface area (Å²) in [5, 5.41) is 0. The van der Waals surface area contributed by atoms with Crippen molar-refractivity contribution in [3.8, 4) is 0 Å². The summed E-state index contributed by atoms with van der Waals surface area (Å²) in [6.07, 6.45) is 7.13. The molecular weight excluding hydrogens is 260 g/mol. The SMILES string of the molecule is CCCC1CS(=O)(=O)CC1CC(C)CC1CCCO1. The molecule has 0 aliphatic carbocycles. The average molecular weight is 288 g/mol. The van der Waals surface area contributed by atoms with Crippen LogP contribution in [0.1, 0.15) is 52.4 Å². The molecule has 2 aliphatic rings. The summed E-state index contributed by atoms with van der Waals surface area (Å²) in [7, 11) is -2.77. The van der Waals surface area contributed by atoms with Crippen LogP contribution < -0.4 is 0 Å². The van der Waals surface area contributed by atoms with Crippen molar-refractivity contribution in [2.24, 2.45) is 17.8 Å². The molecule has 0 saturated carbocycles. The maximum Gasteiger partial charge on any atom is 0.150 e. The average Bonchev–Trinajstić information content (AvgIpc) is 2.88. The van der Waals surface area contributed by atoms with Crippen molar-refractivity contribution in [1.82, 2.24) is 0 Å². The highest BCUT2D eigenvalue weighted by Crippen LogP contribution is 2.35. The van der Waals surface area contributed by atoms with Gasteiger partial charge in [0.1, 0.15) is 0 Å². The second kappa shape index (κ2) is 6.57. The Hall–Kier alpha value is -0.0900. The molecule has 0 amide bonds. The van der Waals surface area contributed by atoms with Crippen molar-refractivity contribution < 1.29 is 13.2 Å². The van der Waals surface area contributed by atoms with Crippen LogP contribution in [-0.4, -0.2) is 32.6 Å². The first-order valence-corrected chi connectivity index (χ1v) is 9.64. The summed E-state index contributed by atoms with van der Waals surface area (Å²) in [5.74, 6) is 2.23. The lowest BCUT2D eigenvalue weighted by Gasteiger charge is -2.23. The monoisotopic (exact) mass is 288 g/mol. The highest BCUT2D eigenvalue weighted by Gasteiger charge is 2.37. The number of hydrogen-bond acceptors (Lipinski definition) is 3. The zero-order valence-corrected chi connectivity index (χ0v) is 13.1. The zero-order valence-electron chi connectivity index (χ0n) is 12.3. The first-order chi connectivity index (χ1) is 9.00. The van der Waals surface area contributed by atoms with Crippen molar-refractivity contribution in [2.45, 2.75) is 58.5 Å². The van der Waals surface area contributed by atoms with E-state index < -0.39 is 9.84 Å². The summed E-state index contributed by atoms with van der Waals surface area (Å²) >= 11 is 0. The molecule has 112 valence electrons. The van der Waals surface area contributed by atoms with Crippen molar-refractivity contribution in [1.29, 1.82) is 0 Å². The Morgan fingerprint density at radius 2 is 1.95 bits per heavy atom. The third-order valence-electron chi connectivity index (χ3n) is 4.66. The van der Waals surface area contributed by atoms with E-state index in [4.69, 9.17) is 4.74 Å². The fourth-order valence-corrected chi connectivity index (χ4v) is 6.12. The lowest BCUT2D eigenvalue weighted by atomic mass is 9.83. The molecule has 0 aromatic heterocycles. The van der Waals surface area contributed by atoms with Gasteiger partial charge in [0.15, 0.2) is 9.84 Å². The van der Waals surface area contributed by atoms with Crippen molar-refractivity contribution in [3.63, 3.8) is 0 Å². The summed E-state index contributed by atoms with van der Waals surface area (Å²) in [4.78, 5) is 0. The van der Waals surface area contributed by atoms with Crippen LogP contribution in [0.2, 0.25) is 0 Å². The molecule has 2 saturated heterocycles. The molecule has 2 fully saturated rings. The fourth-order valence-electron chi connectivity index (χ4n) is 3.83. The summed E-state index contributed by atoms with van der Waals surface area (Å²) in [6, 6.07) is 0. The Morgan fingerprint density at radius 3 is 2.58 bits per heavy atom. The third-order valence-corrected chi connectivity index (χ3v) is 6.53. The van der Waals surface area contributed by atoms with Gasteiger partial charge in [0.2, 0.25) is 0 Å². The fraction of sp³-hybridized carbons (Fsp3) is 1.00. The second-order valence-electron chi connectivity index (χ2n) is 6.60. The predicted octanol–water partition coefficient (Wildman–Crippen LogP) is 3.04. The topological polar surface area (TPSA) is 43.4 Å².